The normalized spacial score (nSPS) is 18.2. The molecule has 1 heterocycles. The summed E-state index contributed by atoms with van der Waals surface area (Å²) < 4.78 is 38.0. The summed E-state index contributed by atoms with van der Waals surface area (Å²) in [7, 11) is 0. The molecule has 2 rings (SSSR count). The minimum Gasteiger partial charge on any atom is -0.384 e. The number of nitrogens with zero attached hydrogens (tertiary/aromatic N) is 2. The van der Waals surface area contributed by atoms with E-state index in [9.17, 15) is 13.2 Å². The van der Waals surface area contributed by atoms with Crippen LogP contribution < -0.4 is 11.1 Å². The van der Waals surface area contributed by atoms with Gasteiger partial charge in [0.25, 0.3) is 0 Å². The lowest BCUT2D eigenvalue weighted by molar-refractivity contribution is -0.146. The second-order valence-corrected chi connectivity index (χ2v) is 3.83. The van der Waals surface area contributed by atoms with Crippen molar-refractivity contribution in [1.29, 1.82) is 0 Å². The molecule has 1 fully saturated rings. The number of nitrogen functional groups attached to an aromatic ring is 1. The van der Waals surface area contributed by atoms with E-state index in [4.69, 9.17) is 5.73 Å². The van der Waals surface area contributed by atoms with Gasteiger partial charge in [-0.15, -0.1) is 0 Å². The van der Waals surface area contributed by atoms with E-state index in [0.717, 1.165) is 6.33 Å². The van der Waals surface area contributed by atoms with Gasteiger partial charge >= 0.3 is 6.18 Å². The minimum absolute atomic E-state index is 0.113. The van der Waals surface area contributed by atoms with Crippen molar-refractivity contribution >= 4 is 11.6 Å². The maximum Gasteiger partial charge on any atom is 0.408 e. The Morgan fingerprint density at radius 3 is 2.56 bits per heavy atom. The van der Waals surface area contributed by atoms with Gasteiger partial charge in [-0.1, -0.05) is 0 Å². The fraction of sp³-hybridized carbons (Fsp3) is 0.556. The highest BCUT2D eigenvalue weighted by atomic mass is 19.4. The smallest absolute Gasteiger partial charge is 0.384 e. The Kier molecular flexibility index (Phi) is 2.61. The molecule has 1 saturated carbocycles. The number of anilines is 2. The van der Waals surface area contributed by atoms with E-state index in [1.54, 1.807) is 0 Å². The van der Waals surface area contributed by atoms with Crippen molar-refractivity contribution in [2.45, 2.75) is 25.1 Å². The van der Waals surface area contributed by atoms with E-state index < -0.39 is 12.2 Å². The van der Waals surface area contributed by atoms with E-state index in [0.29, 0.717) is 12.8 Å². The zero-order valence-corrected chi connectivity index (χ0v) is 8.33. The summed E-state index contributed by atoms with van der Waals surface area (Å²) in [6, 6.07) is -0.247. The molecule has 0 amide bonds. The Balaban J connectivity index is 2.11. The number of hydrogen-bond acceptors (Lipinski definition) is 4. The first-order chi connectivity index (χ1) is 7.47. The molecular weight excluding hydrogens is 221 g/mol. The van der Waals surface area contributed by atoms with Crippen LogP contribution in [0.25, 0.3) is 0 Å². The summed E-state index contributed by atoms with van der Waals surface area (Å²) in [5.41, 5.74) is 5.36. The molecule has 0 spiro atoms. The molecule has 0 bridgehead atoms. The summed E-state index contributed by atoms with van der Waals surface area (Å²) in [4.78, 5) is 7.32. The quantitative estimate of drug-likeness (QED) is 0.834. The van der Waals surface area contributed by atoms with Crippen LogP contribution in [0.1, 0.15) is 12.8 Å². The predicted molar refractivity (Wildman–Crippen MR) is 52.6 cm³/mol. The molecule has 1 unspecified atom stereocenters. The molecule has 0 aromatic carbocycles. The van der Waals surface area contributed by atoms with Crippen LogP contribution in [-0.2, 0) is 0 Å². The molecule has 1 aliphatic carbocycles. The minimum atomic E-state index is -4.26. The third-order valence-corrected chi connectivity index (χ3v) is 2.44. The fourth-order valence-electron chi connectivity index (χ4n) is 1.51. The van der Waals surface area contributed by atoms with Gasteiger partial charge in [0, 0.05) is 6.07 Å². The molecule has 3 N–H and O–H groups in total. The molecule has 88 valence electrons. The molecule has 16 heavy (non-hydrogen) atoms. The van der Waals surface area contributed by atoms with Crippen molar-refractivity contribution < 1.29 is 13.2 Å². The van der Waals surface area contributed by atoms with E-state index >= 15 is 0 Å². The maximum absolute atomic E-state index is 12.7. The summed E-state index contributed by atoms with van der Waals surface area (Å²) in [6.07, 6.45) is -1.94. The SMILES string of the molecule is Nc1cc(NC(C2CC2)C(F)(F)F)ncn1. The Labute approximate surface area is 90.1 Å². The molecule has 1 aromatic heterocycles. The summed E-state index contributed by atoms with van der Waals surface area (Å²) >= 11 is 0. The van der Waals surface area contributed by atoms with Crippen molar-refractivity contribution in [2.24, 2.45) is 5.92 Å². The molecule has 0 aliphatic heterocycles. The second kappa shape index (κ2) is 3.80. The first-order valence-corrected chi connectivity index (χ1v) is 4.87. The standard InChI is InChI=1S/C9H11F3N4/c10-9(11,12)8(5-1-2-5)16-7-3-6(13)14-4-15-7/h3-5,8H,1-2H2,(H3,13,14,15,16). The van der Waals surface area contributed by atoms with Crippen LogP contribution in [-0.4, -0.2) is 22.2 Å². The van der Waals surface area contributed by atoms with Crippen molar-refractivity contribution in [3.05, 3.63) is 12.4 Å². The van der Waals surface area contributed by atoms with Gasteiger partial charge in [0.2, 0.25) is 0 Å². The highest BCUT2D eigenvalue weighted by molar-refractivity contribution is 5.44. The number of alkyl halides is 3. The molecule has 4 nitrogen and oxygen atoms in total. The van der Waals surface area contributed by atoms with Crippen LogP contribution in [0.2, 0.25) is 0 Å². The molecule has 1 atom stereocenters. The lowest BCUT2D eigenvalue weighted by Crippen LogP contribution is -2.38. The maximum atomic E-state index is 12.7. The summed E-state index contributed by atoms with van der Waals surface area (Å²) in [5, 5.41) is 2.37. The topological polar surface area (TPSA) is 63.8 Å². The van der Waals surface area contributed by atoms with Crippen LogP contribution in [0, 0.1) is 5.92 Å². The molecule has 1 aliphatic rings. The zero-order valence-electron chi connectivity index (χ0n) is 8.33. The lowest BCUT2D eigenvalue weighted by atomic mass is 10.2. The Morgan fingerprint density at radius 1 is 1.38 bits per heavy atom. The van der Waals surface area contributed by atoms with Crippen LogP contribution in [0.4, 0.5) is 24.8 Å². The first kappa shape index (κ1) is 11.0. The third kappa shape index (κ3) is 2.53. The van der Waals surface area contributed by atoms with Crippen LogP contribution >= 0.6 is 0 Å². The Morgan fingerprint density at radius 2 is 2.06 bits per heavy atom. The largest absolute Gasteiger partial charge is 0.408 e. The van der Waals surface area contributed by atoms with Gasteiger partial charge in [0.1, 0.15) is 24.0 Å². The Hall–Kier alpha value is -1.53. The second-order valence-electron chi connectivity index (χ2n) is 3.83. The van der Waals surface area contributed by atoms with Gasteiger partial charge in [-0.25, -0.2) is 9.97 Å². The van der Waals surface area contributed by atoms with E-state index in [2.05, 4.69) is 15.3 Å². The predicted octanol–water partition coefficient (Wildman–Crippen LogP) is 1.81. The van der Waals surface area contributed by atoms with E-state index in [1.807, 2.05) is 0 Å². The summed E-state index contributed by atoms with van der Waals surface area (Å²) in [5.74, 6) is -0.0906. The first-order valence-electron chi connectivity index (χ1n) is 4.87. The lowest BCUT2D eigenvalue weighted by Gasteiger charge is -2.21. The highest BCUT2D eigenvalue weighted by Gasteiger charge is 2.49. The average Bonchev–Trinajstić information content (AvgIpc) is 2.95. The molecule has 0 saturated heterocycles. The van der Waals surface area contributed by atoms with Crippen molar-refractivity contribution in [3.8, 4) is 0 Å². The van der Waals surface area contributed by atoms with Gasteiger partial charge in [-0.05, 0) is 18.8 Å². The molecule has 0 radical (unpaired) electrons. The number of rotatable bonds is 3. The fourth-order valence-corrected chi connectivity index (χ4v) is 1.51. The summed E-state index contributed by atoms with van der Waals surface area (Å²) in [6.45, 7) is 0. The molecular formula is C9H11F3N4. The number of aromatic nitrogens is 2. The zero-order chi connectivity index (χ0) is 11.8. The van der Waals surface area contributed by atoms with Crippen molar-refractivity contribution in [3.63, 3.8) is 0 Å². The van der Waals surface area contributed by atoms with Gasteiger partial charge in [0.15, 0.2) is 0 Å². The van der Waals surface area contributed by atoms with Crippen molar-refractivity contribution in [1.82, 2.24) is 9.97 Å². The van der Waals surface area contributed by atoms with Gasteiger partial charge in [-0.2, -0.15) is 13.2 Å². The number of halogens is 3. The van der Waals surface area contributed by atoms with Crippen LogP contribution in [0.5, 0.6) is 0 Å². The average molecular weight is 232 g/mol. The van der Waals surface area contributed by atoms with E-state index in [-0.39, 0.29) is 17.6 Å². The monoisotopic (exact) mass is 232 g/mol. The van der Waals surface area contributed by atoms with Crippen LogP contribution in [0.15, 0.2) is 12.4 Å². The highest BCUT2D eigenvalue weighted by Crippen LogP contribution is 2.41. The van der Waals surface area contributed by atoms with E-state index in [1.165, 1.54) is 6.07 Å². The van der Waals surface area contributed by atoms with Gasteiger partial charge in [0.05, 0.1) is 0 Å². The van der Waals surface area contributed by atoms with Crippen LogP contribution in [0.3, 0.4) is 0 Å². The van der Waals surface area contributed by atoms with Gasteiger partial charge < -0.3 is 11.1 Å². The van der Waals surface area contributed by atoms with Crippen molar-refractivity contribution in [2.75, 3.05) is 11.1 Å². The van der Waals surface area contributed by atoms with Gasteiger partial charge in [-0.3, -0.25) is 0 Å². The molecule has 7 heteroatoms. The number of hydrogen-bond donors (Lipinski definition) is 2. The molecule has 1 aromatic rings. The third-order valence-electron chi connectivity index (χ3n) is 2.44. The number of nitrogens with two attached hydrogens (primary N) is 1. The number of nitrogens with one attached hydrogen (secondary N) is 1. The Bertz CT molecular complexity index is 375.